The first-order valence-electron chi connectivity index (χ1n) is 30.1. The molecule has 2 aliphatic heterocycles. The maximum atomic E-state index is 13.1. The number of aliphatic hydroxyl groups excluding tert-OH is 7. The van der Waals surface area contributed by atoms with Crippen molar-refractivity contribution in [2.24, 2.45) is 0 Å². The number of unbranched alkanes of at least 4 members (excludes halogenated alkanes) is 13. The molecule has 14 nitrogen and oxygen atoms in total. The molecule has 0 spiro atoms. The lowest BCUT2D eigenvalue weighted by Crippen LogP contribution is -2.61. The smallest absolute Gasteiger partial charge is 0.306 e. The summed E-state index contributed by atoms with van der Waals surface area (Å²) in [4.78, 5) is 13.1. The van der Waals surface area contributed by atoms with E-state index in [2.05, 4.69) is 135 Å². The molecule has 0 aromatic rings. The van der Waals surface area contributed by atoms with Crippen LogP contribution >= 0.6 is 0 Å². The summed E-state index contributed by atoms with van der Waals surface area (Å²) in [6.07, 6.45) is 54.0. The molecule has 2 saturated heterocycles. The predicted octanol–water partition coefficient (Wildman–Crippen LogP) is 11.3. The third kappa shape index (κ3) is 36.5. The average Bonchev–Trinajstić information content (AvgIpc) is 3.46. The van der Waals surface area contributed by atoms with Crippen LogP contribution in [-0.2, 0) is 33.2 Å². The summed E-state index contributed by atoms with van der Waals surface area (Å²) in [5.74, 6) is -0.413. The van der Waals surface area contributed by atoms with Crippen LogP contribution in [0.3, 0.4) is 0 Å². The minimum Gasteiger partial charge on any atom is -0.457 e. The van der Waals surface area contributed by atoms with Gasteiger partial charge in [-0.25, -0.2) is 0 Å². The lowest BCUT2D eigenvalue weighted by molar-refractivity contribution is -0.332. The van der Waals surface area contributed by atoms with Crippen LogP contribution in [0.2, 0.25) is 0 Å². The van der Waals surface area contributed by atoms with Gasteiger partial charge in [0.2, 0.25) is 0 Å². The van der Waals surface area contributed by atoms with Crippen molar-refractivity contribution in [1.82, 2.24) is 0 Å². The maximum absolute atomic E-state index is 13.1. The molecular weight excluding hydrogens is 1000 g/mol. The predicted molar refractivity (Wildman–Crippen MR) is 316 cm³/mol. The van der Waals surface area contributed by atoms with Gasteiger partial charge in [-0.05, 0) is 103 Å². The average molecular weight is 1110 g/mol. The quantitative estimate of drug-likeness (QED) is 0.0172. The number of hydrogen-bond donors (Lipinski definition) is 7. The zero-order valence-electron chi connectivity index (χ0n) is 48.3. The number of carbonyl (C=O) groups is 1. The van der Waals surface area contributed by atoms with Crippen LogP contribution in [0.25, 0.3) is 0 Å². The highest BCUT2D eigenvalue weighted by atomic mass is 16.7. The van der Waals surface area contributed by atoms with Crippen molar-refractivity contribution in [3.63, 3.8) is 0 Å². The first-order chi connectivity index (χ1) is 38.6. The van der Waals surface area contributed by atoms with Gasteiger partial charge in [-0.3, -0.25) is 4.79 Å². The second kappa shape index (κ2) is 50.1. The largest absolute Gasteiger partial charge is 0.457 e. The van der Waals surface area contributed by atoms with Gasteiger partial charge in [0.15, 0.2) is 12.6 Å². The summed E-state index contributed by atoms with van der Waals surface area (Å²) in [7, 11) is 0. The van der Waals surface area contributed by atoms with E-state index >= 15 is 0 Å². The topological polar surface area (TPSA) is 214 Å². The molecule has 0 saturated carbocycles. The van der Waals surface area contributed by atoms with E-state index in [0.717, 1.165) is 109 Å². The molecule has 11 atom stereocenters. The fourth-order valence-corrected chi connectivity index (χ4v) is 8.69. The number of aliphatic hydroxyl groups is 7. The Kier molecular flexibility index (Phi) is 45.4. The number of allylic oxidation sites excluding steroid dienone is 20. The Morgan fingerprint density at radius 1 is 0.418 bits per heavy atom. The Hall–Kier alpha value is -3.61. The summed E-state index contributed by atoms with van der Waals surface area (Å²) in [6, 6.07) is 0. The van der Waals surface area contributed by atoms with Crippen LogP contribution < -0.4 is 0 Å². The lowest BCUT2D eigenvalue weighted by atomic mass is 9.98. The number of esters is 1. The van der Waals surface area contributed by atoms with Crippen LogP contribution in [0.4, 0.5) is 0 Å². The van der Waals surface area contributed by atoms with Gasteiger partial charge in [0.25, 0.3) is 0 Å². The third-order valence-electron chi connectivity index (χ3n) is 13.5. The minimum absolute atomic E-state index is 0.0362. The molecule has 0 bridgehead atoms. The second-order valence-electron chi connectivity index (χ2n) is 20.4. The second-order valence-corrected chi connectivity index (χ2v) is 20.4. The van der Waals surface area contributed by atoms with E-state index in [1.807, 2.05) is 0 Å². The highest BCUT2D eigenvalue weighted by Crippen LogP contribution is 2.26. The van der Waals surface area contributed by atoms with Gasteiger partial charge in [-0.1, -0.05) is 193 Å². The molecule has 0 amide bonds. The van der Waals surface area contributed by atoms with Crippen LogP contribution in [0.5, 0.6) is 0 Å². The van der Waals surface area contributed by atoms with Crippen molar-refractivity contribution in [2.45, 2.75) is 248 Å². The fourth-order valence-electron chi connectivity index (χ4n) is 8.69. The molecule has 2 heterocycles. The van der Waals surface area contributed by atoms with Gasteiger partial charge in [-0.2, -0.15) is 0 Å². The minimum atomic E-state index is -1.72. The van der Waals surface area contributed by atoms with Crippen LogP contribution in [0.15, 0.2) is 122 Å². The SMILES string of the molecule is CC/C=C\C/C=C\C/C=C\C/C=C\C/C=C\CCCCCCCCCCCCOCC(COC1OC(COC2OC(CO)C(O)C(O)C2O)C(O)C(O)C1O)OC(=O)CCCCC/C=C\C/C=C\C/C=C\C/C=C\C/C=C\CC. The summed E-state index contributed by atoms with van der Waals surface area (Å²) in [5, 5.41) is 72.4. The van der Waals surface area contributed by atoms with E-state index < -0.39 is 86.7 Å². The molecule has 450 valence electrons. The molecule has 2 fully saturated rings. The van der Waals surface area contributed by atoms with Crippen LogP contribution in [0, 0.1) is 0 Å². The highest BCUT2D eigenvalue weighted by Gasteiger charge is 2.47. The molecule has 2 aliphatic rings. The van der Waals surface area contributed by atoms with Crippen molar-refractivity contribution in [1.29, 1.82) is 0 Å². The van der Waals surface area contributed by atoms with E-state index in [1.54, 1.807) is 0 Å². The first kappa shape index (κ1) is 71.5. The van der Waals surface area contributed by atoms with E-state index in [9.17, 15) is 40.5 Å². The molecule has 79 heavy (non-hydrogen) atoms. The molecule has 2 rings (SSSR count). The third-order valence-corrected chi connectivity index (χ3v) is 13.5. The summed E-state index contributed by atoms with van der Waals surface area (Å²) in [5.41, 5.74) is 0. The van der Waals surface area contributed by atoms with Gasteiger partial charge in [0.1, 0.15) is 54.9 Å². The molecule has 0 radical (unpaired) electrons. The molecular formula is C65H106O14. The van der Waals surface area contributed by atoms with E-state index in [0.29, 0.717) is 13.0 Å². The first-order valence-corrected chi connectivity index (χ1v) is 30.1. The van der Waals surface area contributed by atoms with Gasteiger partial charge < -0.3 is 64.2 Å². The molecule has 0 aromatic heterocycles. The van der Waals surface area contributed by atoms with Crippen molar-refractivity contribution in [3.8, 4) is 0 Å². The molecule has 14 heteroatoms. The maximum Gasteiger partial charge on any atom is 0.306 e. The Morgan fingerprint density at radius 2 is 0.785 bits per heavy atom. The van der Waals surface area contributed by atoms with E-state index in [4.69, 9.17) is 28.4 Å². The Labute approximate surface area is 476 Å². The fraction of sp³-hybridized carbons (Fsp3) is 0.677. The van der Waals surface area contributed by atoms with Gasteiger partial charge in [-0.15, -0.1) is 0 Å². The normalized spacial score (nSPS) is 24.9. The van der Waals surface area contributed by atoms with Gasteiger partial charge in [0.05, 0.1) is 26.4 Å². The lowest BCUT2D eigenvalue weighted by Gasteiger charge is -2.42. The summed E-state index contributed by atoms with van der Waals surface area (Å²) >= 11 is 0. The number of ether oxygens (including phenoxy) is 6. The van der Waals surface area contributed by atoms with Crippen molar-refractivity contribution in [3.05, 3.63) is 122 Å². The molecule has 0 aromatic carbocycles. The number of hydrogen-bond acceptors (Lipinski definition) is 14. The van der Waals surface area contributed by atoms with E-state index in [-0.39, 0.29) is 19.6 Å². The van der Waals surface area contributed by atoms with E-state index in [1.165, 1.54) is 44.9 Å². The Bertz CT molecular complexity index is 1770. The zero-order valence-corrected chi connectivity index (χ0v) is 48.3. The Balaban J connectivity index is 1.71. The zero-order chi connectivity index (χ0) is 57.2. The summed E-state index contributed by atoms with van der Waals surface area (Å²) in [6.45, 7) is 3.39. The Morgan fingerprint density at radius 3 is 1.23 bits per heavy atom. The molecule has 0 aliphatic carbocycles. The molecule has 7 N–H and O–H groups in total. The number of rotatable bonds is 47. The van der Waals surface area contributed by atoms with Gasteiger partial charge >= 0.3 is 5.97 Å². The van der Waals surface area contributed by atoms with Crippen molar-refractivity contribution >= 4 is 5.97 Å². The van der Waals surface area contributed by atoms with Crippen molar-refractivity contribution < 1.29 is 69.0 Å². The summed E-state index contributed by atoms with van der Waals surface area (Å²) < 4.78 is 34.4. The number of carbonyl (C=O) groups excluding carboxylic acids is 1. The van der Waals surface area contributed by atoms with Crippen LogP contribution in [-0.4, -0.2) is 142 Å². The molecule has 11 unspecified atom stereocenters. The van der Waals surface area contributed by atoms with Gasteiger partial charge in [0, 0.05) is 13.0 Å². The van der Waals surface area contributed by atoms with Crippen molar-refractivity contribution in [2.75, 3.05) is 33.0 Å². The standard InChI is InChI=1S/C65H106O14/c1-3-5-7-9-11-13-15-17-19-21-23-24-25-26-27-28-29-31-33-35-37-39-41-43-45-47-49-74-51-54(77-57(67)48-46-44-42-40-38-36-34-32-30-22-20-18-16-14-12-10-8-6-4-2)52-75-64-63(73)61(71)59(69)56(79-64)53-76-65-62(72)60(70)58(68)55(50-66)78-65/h5-8,11-14,17-20,23-24,26-27,30,32,36,38,54-56,58-66,68-73H,3-4,9-10,15-16,21-22,25,28-29,31,33-35,37,39-53H2,1-2H3/b7-5-,8-6-,13-11-,14-12-,19-17-,20-18-,24-23-,27-26-,32-30-,38-36-. The highest BCUT2D eigenvalue weighted by molar-refractivity contribution is 5.69. The monoisotopic (exact) mass is 1110 g/mol. The van der Waals surface area contributed by atoms with Crippen LogP contribution in [0.1, 0.15) is 181 Å².